The van der Waals surface area contributed by atoms with E-state index in [1.54, 1.807) is 44.6 Å². The fraction of sp³-hybridized carbons (Fsp3) is 0.174. The molecular weight excluding hydrogens is 437 g/mol. The molecule has 0 amide bonds. The number of hydrogen-bond donors (Lipinski definition) is 1. The molecule has 0 radical (unpaired) electrons. The summed E-state index contributed by atoms with van der Waals surface area (Å²) in [4.78, 5) is 12.9. The molecule has 0 aliphatic heterocycles. The van der Waals surface area contributed by atoms with Gasteiger partial charge in [0.05, 0.1) is 20.3 Å². The number of hydrogen-bond acceptors (Lipinski definition) is 4. The first kappa shape index (κ1) is 20.9. The molecule has 0 aromatic heterocycles. The molecule has 0 saturated heterocycles. The van der Waals surface area contributed by atoms with Crippen molar-refractivity contribution in [2.24, 2.45) is 0 Å². The number of nitrogens with one attached hydrogen (secondary N) is 1. The van der Waals surface area contributed by atoms with Gasteiger partial charge in [0, 0.05) is 22.1 Å². The third kappa shape index (κ3) is 5.35. The highest BCUT2D eigenvalue weighted by molar-refractivity contribution is 9.10. The summed E-state index contributed by atoms with van der Waals surface area (Å²) in [7, 11) is 3.14. The fourth-order valence-corrected chi connectivity index (χ4v) is 3.27. The van der Waals surface area contributed by atoms with Gasteiger partial charge >= 0.3 is 0 Å². The molecule has 3 aromatic rings. The van der Waals surface area contributed by atoms with Crippen LogP contribution >= 0.6 is 15.9 Å². The van der Waals surface area contributed by atoms with Crippen LogP contribution in [0.4, 0.5) is 10.1 Å². The van der Waals surface area contributed by atoms with E-state index in [9.17, 15) is 9.18 Å². The maximum Gasteiger partial charge on any atom is 0.165 e. The summed E-state index contributed by atoms with van der Waals surface area (Å²) < 4.78 is 24.9. The Morgan fingerprint density at radius 3 is 2.24 bits per heavy atom. The number of carbonyl (C=O) groups is 1. The highest BCUT2D eigenvalue weighted by Gasteiger charge is 2.19. The van der Waals surface area contributed by atoms with E-state index in [4.69, 9.17) is 9.47 Å². The summed E-state index contributed by atoms with van der Waals surface area (Å²) in [5.41, 5.74) is 2.20. The summed E-state index contributed by atoms with van der Waals surface area (Å²) in [5, 5.41) is 3.33. The average molecular weight is 458 g/mol. The van der Waals surface area contributed by atoms with Crippen molar-refractivity contribution in [3.8, 4) is 11.5 Å². The van der Waals surface area contributed by atoms with Gasteiger partial charge in [-0.05, 0) is 54.1 Å². The Morgan fingerprint density at radius 2 is 1.62 bits per heavy atom. The second-order valence-electron chi connectivity index (χ2n) is 6.45. The van der Waals surface area contributed by atoms with Crippen LogP contribution in [0.3, 0.4) is 0 Å². The van der Waals surface area contributed by atoms with Crippen LogP contribution in [-0.4, -0.2) is 20.0 Å². The smallest absolute Gasteiger partial charge is 0.165 e. The van der Waals surface area contributed by atoms with Gasteiger partial charge in [-0.25, -0.2) is 4.39 Å². The Labute approximate surface area is 177 Å². The molecule has 0 fully saturated rings. The number of benzene rings is 3. The van der Waals surface area contributed by atoms with Crippen LogP contribution in [0.15, 0.2) is 71.2 Å². The van der Waals surface area contributed by atoms with E-state index in [0.717, 1.165) is 15.7 Å². The number of carbonyl (C=O) groups excluding carboxylic acids is 1. The van der Waals surface area contributed by atoms with Crippen molar-refractivity contribution in [3.63, 3.8) is 0 Å². The van der Waals surface area contributed by atoms with E-state index in [1.807, 2.05) is 24.3 Å². The van der Waals surface area contributed by atoms with E-state index < -0.39 is 0 Å². The zero-order valence-electron chi connectivity index (χ0n) is 16.1. The number of methoxy groups -OCH3 is 2. The molecule has 1 atom stereocenters. The molecule has 0 bridgehead atoms. The van der Waals surface area contributed by atoms with Gasteiger partial charge in [0.15, 0.2) is 17.3 Å². The van der Waals surface area contributed by atoms with E-state index in [-0.39, 0.29) is 24.1 Å². The Morgan fingerprint density at radius 1 is 0.966 bits per heavy atom. The topological polar surface area (TPSA) is 47.6 Å². The third-order valence-electron chi connectivity index (χ3n) is 4.55. The van der Waals surface area contributed by atoms with Crippen LogP contribution in [0.5, 0.6) is 11.5 Å². The number of rotatable bonds is 8. The summed E-state index contributed by atoms with van der Waals surface area (Å²) >= 11 is 3.38. The van der Waals surface area contributed by atoms with Crippen LogP contribution in [-0.2, 0) is 0 Å². The minimum Gasteiger partial charge on any atom is -0.493 e. The Balaban J connectivity index is 1.91. The molecule has 29 heavy (non-hydrogen) atoms. The van der Waals surface area contributed by atoms with Crippen molar-refractivity contribution < 1.29 is 18.7 Å². The van der Waals surface area contributed by atoms with E-state index in [0.29, 0.717) is 17.1 Å². The van der Waals surface area contributed by atoms with Crippen molar-refractivity contribution in [2.45, 2.75) is 12.5 Å². The van der Waals surface area contributed by atoms with Crippen molar-refractivity contribution in [2.75, 3.05) is 19.5 Å². The number of Topliss-reactive ketones (excluding diaryl/α,β-unsaturated/α-hetero) is 1. The Bertz CT molecular complexity index is 974. The summed E-state index contributed by atoms with van der Waals surface area (Å²) in [6, 6.07) is 18.5. The first-order chi connectivity index (χ1) is 14.0. The molecule has 1 N–H and O–H groups in total. The molecule has 0 saturated carbocycles. The first-order valence-corrected chi connectivity index (χ1v) is 9.82. The number of halogens is 2. The van der Waals surface area contributed by atoms with Crippen molar-refractivity contribution in [1.29, 1.82) is 0 Å². The molecule has 0 aliphatic rings. The quantitative estimate of drug-likeness (QED) is 0.419. The highest BCUT2D eigenvalue weighted by Crippen LogP contribution is 2.33. The summed E-state index contributed by atoms with van der Waals surface area (Å²) in [5.74, 6) is 0.860. The zero-order chi connectivity index (χ0) is 20.8. The van der Waals surface area contributed by atoms with Crippen LogP contribution in [0, 0.1) is 5.82 Å². The lowest BCUT2D eigenvalue weighted by atomic mass is 9.97. The van der Waals surface area contributed by atoms with Gasteiger partial charge < -0.3 is 14.8 Å². The number of ketones is 1. The van der Waals surface area contributed by atoms with Crippen LogP contribution < -0.4 is 14.8 Å². The lowest BCUT2D eigenvalue weighted by Crippen LogP contribution is -2.16. The van der Waals surface area contributed by atoms with Gasteiger partial charge in [0.25, 0.3) is 0 Å². The molecule has 3 aromatic carbocycles. The maximum absolute atomic E-state index is 13.3. The largest absolute Gasteiger partial charge is 0.493 e. The van der Waals surface area contributed by atoms with Crippen LogP contribution in [0.2, 0.25) is 0 Å². The lowest BCUT2D eigenvalue weighted by Gasteiger charge is -2.21. The van der Waals surface area contributed by atoms with Crippen LogP contribution in [0.25, 0.3) is 0 Å². The highest BCUT2D eigenvalue weighted by atomic mass is 79.9. The Kier molecular flexibility index (Phi) is 6.88. The molecule has 0 heterocycles. The average Bonchev–Trinajstić information content (AvgIpc) is 2.74. The molecule has 4 nitrogen and oxygen atoms in total. The van der Waals surface area contributed by atoms with Gasteiger partial charge in [-0.2, -0.15) is 0 Å². The van der Waals surface area contributed by atoms with Gasteiger partial charge in [0.1, 0.15) is 5.82 Å². The fourth-order valence-electron chi connectivity index (χ4n) is 3.01. The standard InChI is InChI=1S/C23H21BrFNO3/c1-28-22-12-5-16(13-23(22)29-2)20(26-19-10-8-18(25)9-11-19)14-21(27)15-3-6-17(24)7-4-15/h3-13,20,26H,14H2,1-2H3. The molecular formula is C23H21BrFNO3. The van der Waals surface area contributed by atoms with E-state index >= 15 is 0 Å². The minimum absolute atomic E-state index is 0.00750. The Hall–Kier alpha value is -2.86. The van der Waals surface area contributed by atoms with Gasteiger partial charge in [-0.3, -0.25) is 4.79 Å². The van der Waals surface area contributed by atoms with Crippen molar-refractivity contribution in [1.82, 2.24) is 0 Å². The molecule has 150 valence electrons. The number of ether oxygens (including phenoxy) is 2. The van der Waals surface area contributed by atoms with Crippen molar-refractivity contribution in [3.05, 3.63) is 88.1 Å². The predicted octanol–water partition coefficient (Wildman–Crippen LogP) is 6.03. The second kappa shape index (κ2) is 9.56. The zero-order valence-corrected chi connectivity index (χ0v) is 17.7. The van der Waals surface area contributed by atoms with Crippen LogP contribution in [0.1, 0.15) is 28.4 Å². The summed E-state index contributed by atoms with van der Waals surface area (Å²) in [6.07, 6.45) is 0.217. The SMILES string of the molecule is COc1ccc(C(CC(=O)c2ccc(Br)cc2)Nc2ccc(F)cc2)cc1OC. The maximum atomic E-state index is 13.3. The molecule has 1 unspecified atom stereocenters. The lowest BCUT2D eigenvalue weighted by molar-refractivity contribution is 0.0976. The molecule has 0 aliphatic carbocycles. The van der Waals surface area contributed by atoms with E-state index in [2.05, 4.69) is 21.2 Å². The first-order valence-electron chi connectivity index (χ1n) is 9.03. The van der Waals surface area contributed by atoms with Crippen molar-refractivity contribution >= 4 is 27.4 Å². The van der Waals surface area contributed by atoms with Gasteiger partial charge in [-0.1, -0.05) is 34.1 Å². The third-order valence-corrected chi connectivity index (χ3v) is 5.08. The van der Waals surface area contributed by atoms with E-state index in [1.165, 1.54) is 12.1 Å². The molecule has 3 rings (SSSR count). The predicted molar refractivity (Wildman–Crippen MR) is 115 cm³/mol. The molecule has 0 spiro atoms. The minimum atomic E-state index is -0.337. The normalized spacial score (nSPS) is 11.6. The van der Waals surface area contributed by atoms with Gasteiger partial charge in [0.2, 0.25) is 0 Å². The number of anilines is 1. The van der Waals surface area contributed by atoms with Gasteiger partial charge in [-0.15, -0.1) is 0 Å². The second-order valence-corrected chi connectivity index (χ2v) is 7.37. The molecule has 6 heteroatoms. The monoisotopic (exact) mass is 457 g/mol. The summed E-state index contributed by atoms with van der Waals surface area (Å²) in [6.45, 7) is 0.